The molecule has 1 aliphatic heterocycles. The van der Waals surface area contributed by atoms with Crippen LogP contribution in [-0.2, 0) is 0 Å². The Labute approximate surface area is 96.8 Å². The van der Waals surface area contributed by atoms with Crippen LogP contribution in [0, 0.1) is 0 Å². The second-order valence-electron chi connectivity index (χ2n) is 4.21. The van der Waals surface area contributed by atoms with Gasteiger partial charge in [0, 0.05) is 6.07 Å². The molecule has 3 heteroatoms. The maximum atomic E-state index is 6.10. The van der Waals surface area contributed by atoms with Crippen LogP contribution in [0.15, 0.2) is 18.2 Å². The molecule has 0 atom stereocenters. The van der Waals surface area contributed by atoms with Crippen LogP contribution >= 0.6 is 0 Å². The molecule has 1 N–H and O–H groups in total. The maximum Gasteiger partial charge on any atom is 0.143 e. The van der Waals surface area contributed by atoms with E-state index in [2.05, 4.69) is 19.2 Å². The van der Waals surface area contributed by atoms with Gasteiger partial charge in [0.2, 0.25) is 0 Å². The molecular formula is C13H19NO2. The van der Waals surface area contributed by atoms with Gasteiger partial charge in [-0.3, -0.25) is 0 Å². The average molecular weight is 221 g/mol. The minimum atomic E-state index is -0.0540. The minimum absolute atomic E-state index is 0.0540. The van der Waals surface area contributed by atoms with Gasteiger partial charge in [-0.25, -0.2) is 0 Å². The lowest BCUT2D eigenvalue weighted by molar-refractivity contribution is 0.0670. The summed E-state index contributed by atoms with van der Waals surface area (Å²) in [5.74, 6) is 1.78. The van der Waals surface area contributed by atoms with Crippen molar-refractivity contribution in [2.75, 3.05) is 19.0 Å². The van der Waals surface area contributed by atoms with Crippen molar-refractivity contribution in [2.24, 2.45) is 0 Å². The van der Waals surface area contributed by atoms with Gasteiger partial charge in [-0.05, 0) is 25.0 Å². The Morgan fingerprint density at radius 1 is 1.38 bits per heavy atom. The van der Waals surface area contributed by atoms with Crippen LogP contribution in [0.1, 0.15) is 26.7 Å². The standard InChI is InChI=1S/C13H19NO2/c1-4-13(5-2)9-14-11-8-10(15-3)6-7-12(11)16-13/h6-8,14H,4-5,9H2,1-3H3. The first-order valence-electron chi connectivity index (χ1n) is 5.84. The molecule has 0 fully saturated rings. The smallest absolute Gasteiger partial charge is 0.143 e. The predicted octanol–water partition coefficient (Wildman–Crippen LogP) is 3.06. The van der Waals surface area contributed by atoms with E-state index in [9.17, 15) is 0 Å². The van der Waals surface area contributed by atoms with E-state index in [0.29, 0.717) is 0 Å². The topological polar surface area (TPSA) is 30.5 Å². The van der Waals surface area contributed by atoms with Gasteiger partial charge in [0.1, 0.15) is 17.1 Å². The number of anilines is 1. The van der Waals surface area contributed by atoms with E-state index in [1.807, 2.05) is 18.2 Å². The van der Waals surface area contributed by atoms with Crippen molar-refractivity contribution in [3.63, 3.8) is 0 Å². The summed E-state index contributed by atoms with van der Waals surface area (Å²) in [4.78, 5) is 0. The van der Waals surface area contributed by atoms with Gasteiger partial charge in [-0.2, -0.15) is 0 Å². The SMILES string of the molecule is CCC1(CC)CNc2cc(OC)ccc2O1. The Morgan fingerprint density at radius 2 is 2.12 bits per heavy atom. The van der Waals surface area contributed by atoms with Crippen LogP contribution in [0.5, 0.6) is 11.5 Å². The van der Waals surface area contributed by atoms with Gasteiger partial charge < -0.3 is 14.8 Å². The number of nitrogens with one attached hydrogen (secondary N) is 1. The van der Waals surface area contributed by atoms with Crippen molar-refractivity contribution in [3.8, 4) is 11.5 Å². The average Bonchev–Trinajstić information content (AvgIpc) is 2.37. The Morgan fingerprint density at radius 3 is 2.75 bits per heavy atom. The van der Waals surface area contributed by atoms with E-state index in [-0.39, 0.29) is 5.60 Å². The number of fused-ring (bicyclic) bond motifs is 1. The molecule has 1 aromatic rings. The number of hydrogen-bond donors (Lipinski definition) is 1. The van der Waals surface area contributed by atoms with E-state index >= 15 is 0 Å². The Hall–Kier alpha value is -1.38. The number of methoxy groups -OCH3 is 1. The summed E-state index contributed by atoms with van der Waals surface area (Å²) in [6.45, 7) is 5.19. The summed E-state index contributed by atoms with van der Waals surface area (Å²) in [6, 6.07) is 5.88. The molecule has 1 aromatic carbocycles. The molecule has 0 bridgehead atoms. The monoisotopic (exact) mass is 221 g/mol. The highest BCUT2D eigenvalue weighted by atomic mass is 16.5. The number of ether oxygens (including phenoxy) is 2. The Kier molecular flexibility index (Phi) is 2.95. The normalized spacial score (nSPS) is 16.9. The van der Waals surface area contributed by atoms with Crippen molar-refractivity contribution < 1.29 is 9.47 Å². The van der Waals surface area contributed by atoms with Gasteiger partial charge in [0.05, 0.1) is 19.3 Å². The van der Waals surface area contributed by atoms with E-state index < -0.39 is 0 Å². The van der Waals surface area contributed by atoms with Gasteiger partial charge in [0.25, 0.3) is 0 Å². The quantitative estimate of drug-likeness (QED) is 0.851. The summed E-state index contributed by atoms with van der Waals surface area (Å²) in [5.41, 5.74) is 0.971. The molecule has 3 nitrogen and oxygen atoms in total. The largest absolute Gasteiger partial charge is 0.497 e. The first-order valence-corrected chi connectivity index (χ1v) is 5.84. The van der Waals surface area contributed by atoms with Crippen LogP contribution in [0.4, 0.5) is 5.69 Å². The third-order valence-corrected chi connectivity index (χ3v) is 3.40. The highest BCUT2D eigenvalue weighted by molar-refractivity contribution is 5.61. The summed E-state index contributed by atoms with van der Waals surface area (Å²) >= 11 is 0. The Bertz CT molecular complexity index is 372. The fourth-order valence-corrected chi connectivity index (χ4v) is 2.03. The van der Waals surface area contributed by atoms with E-state index in [1.54, 1.807) is 7.11 Å². The lowest BCUT2D eigenvalue weighted by Gasteiger charge is -2.38. The number of rotatable bonds is 3. The summed E-state index contributed by atoms with van der Waals surface area (Å²) in [5, 5.41) is 3.43. The Balaban J connectivity index is 2.28. The third-order valence-electron chi connectivity index (χ3n) is 3.40. The summed E-state index contributed by atoms with van der Waals surface area (Å²) < 4.78 is 11.3. The fraction of sp³-hybridized carbons (Fsp3) is 0.538. The van der Waals surface area contributed by atoms with Crippen molar-refractivity contribution >= 4 is 5.69 Å². The van der Waals surface area contributed by atoms with Crippen LogP contribution in [0.25, 0.3) is 0 Å². The molecule has 0 aromatic heterocycles. The predicted molar refractivity (Wildman–Crippen MR) is 65.4 cm³/mol. The third kappa shape index (κ3) is 1.82. The van der Waals surface area contributed by atoms with Crippen LogP contribution in [0.3, 0.4) is 0 Å². The molecule has 2 rings (SSSR count). The molecule has 0 aliphatic carbocycles. The highest BCUT2D eigenvalue weighted by Gasteiger charge is 2.32. The molecular weight excluding hydrogens is 202 g/mol. The molecule has 0 spiro atoms. The number of benzene rings is 1. The maximum absolute atomic E-state index is 6.10. The van der Waals surface area contributed by atoms with E-state index in [4.69, 9.17) is 9.47 Å². The fourth-order valence-electron chi connectivity index (χ4n) is 2.03. The van der Waals surface area contributed by atoms with Crippen LogP contribution in [0.2, 0.25) is 0 Å². The molecule has 1 aliphatic rings. The van der Waals surface area contributed by atoms with Crippen molar-refractivity contribution in [1.82, 2.24) is 0 Å². The second-order valence-corrected chi connectivity index (χ2v) is 4.21. The zero-order chi connectivity index (χ0) is 11.6. The molecule has 1 heterocycles. The van der Waals surface area contributed by atoms with Crippen LogP contribution < -0.4 is 14.8 Å². The molecule has 16 heavy (non-hydrogen) atoms. The van der Waals surface area contributed by atoms with Gasteiger partial charge in [-0.15, -0.1) is 0 Å². The molecule has 0 radical (unpaired) electrons. The van der Waals surface area contributed by atoms with Gasteiger partial charge >= 0.3 is 0 Å². The van der Waals surface area contributed by atoms with Crippen LogP contribution in [-0.4, -0.2) is 19.3 Å². The first kappa shape index (κ1) is 11.1. The van der Waals surface area contributed by atoms with Crippen molar-refractivity contribution in [2.45, 2.75) is 32.3 Å². The summed E-state index contributed by atoms with van der Waals surface area (Å²) in [6.07, 6.45) is 2.03. The van der Waals surface area contributed by atoms with E-state index in [0.717, 1.165) is 36.6 Å². The van der Waals surface area contributed by atoms with Gasteiger partial charge in [-0.1, -0.05) is 13.8 Å². The number of hydrogen-bond acceptors (Lipinski definition) is 3. The lowest BCUT2D eigenvalue weighted by Crippen LogP contribution is -2.44. The summed E-state index contributed by atoms with van der Waals surface area (Å²) in [7, 11) is 1.67. The lowest BCUT2D eigenvalue weighted by atomic mass is 9.95. The molecule has 0 saturated carbocycles. The molecule has 0 amide bonds. The first-order chi connectivity index (χ1) is 7.73. The van der Waals surface area contributed by atoms with E-state index in [1.165, 1.54) is 0 Å². The molecule has 88 valence electrons. The zero-order valence-electron chi connectivity index (χ0n) is 10.2. The highest BCUT2D eigenvalue weighted by Crippen LogP contribution is 2.37. The molecule has 0 saturated heterocycles. The van der Waals surface area contributed by atoms with Gasteiger partial charge in [0.15, 0.2) is 0 Å². The zero-order valence-corrected chi connectivity index (χ0v) is 10.2. The minimum Gasteiger partial charge on any atom is -0.497 e. The second kappa shape index (κ2) is 4.24. The molecule has 0 unspecified atom stereocenters. The van der Waals surface area contributed by atoms with Crippen molar-refractivity contribution in [3.05, 3.63) is 18.2 Å². The van der Waals surface area contributed by atoms with Crippen molar-refractivity contribution in [1.29, 1.82) is 0 Å².